The lowest BCUT2D eigenvalue weighted by Crippen LogP contribution is -2.33. The topological polar surface area (TPSA) is 81.4 Å². The molecule has 1 atom stereocenters. The molecule has 0 aliphatic heterocycles. The van der Waals surface area contributed by atoms with Crippen LogP contribution in [0.4, 0.5) is 5.69 Å². The lowest BCUT2D eigenvalue weighted by molar-refractivity contribution is 0.188. The molecule has 0 aromatic heterocycles. The summed E-state index contributed by atoms with van der Waals surface area (Å²) in [7, 11) is -2.01. The number of benzene rings is 1. The Labute approximate surface area is 116 Å². The number of nitrogen functional groups attached to an aromatic ring is 1. The molecule has 3 N–H and O–H groups in total. The Bertz CT molecular complexity index is 505. The minimum Gasteiger partial charge on any atom is -0.398 e. The Kier molecular flexibility index (Phi) is 5.58. The molecule has 0 aliphatic carbocycles. The van der Waals surface area contributed by atoms with Crippen molar-refractivity contribution >= 4 is 31.6 Å². The molecule has 0 heterocycles. The SMILES string of the molecule is COCCC(C)NS(=O)(=O)c1ccc(Br)cc1N. The van der Waals surface area contributed by atoms with Crippen LogP contribution in [-0.2, 0) is 14.8 Å². The molecule has 0 radical (unpaired) electrons. The molecular formula is C11H17BrN2O3S. The fourth-order valence-electron chi connectivity index (χ4n) is 1.45. The van der Waals surface area contributed by atoms with E-state index in [4.69, 9.17) is 10.5 Å². The van der Waals surface area contributed by atoms with E-state index in [-0.39, 0.29) is 16.6 Å². The lowest BCUT2D eigenvalue weighted by Gasteiger charge is -2.15. The predicted octanol–water partition coefficient (Wildman–Crippen LogP) is 1.73. The smallest absolute Gasteiger partial charge is 0.242 e. The number of halogens is 1. The van der Waals surface area contributed by atoms with Crippen molar-refractivity contribution in [1.82, 2.24) is 4.72 Å². The third-order valence-electron chi connectivity index (χ3n) is 2.37. The van der Waals surface area contributed by atoms with E-state index in [2.05, 4.69) is 20.7 Å². The molecule has 1 rings (SSSR count). The second-order valence-corrected chi connectivity index (χ2v) is 6.58. The first kappa shape index (κ1) is 15.4. The van der Waals surface area contributed by atoms with Crippen molar-refractivity contribution in [1.29, 1.82) is 0 Å². The fraction of sp³-hybridized carbons (Fsp3) is 0.455. The van der Waals surface area contributed by atoms with E-state index in [1.54, 1.807) is 26.2 Å². The van der Waals surface area contributed by atoms with Crippen LogP contribution in [0.2, 0.25) is 0 Å². The van der Waals surface area contributed by atoms with Gasteiger partial charge in [0.2, 0.25) is 10.0 Å². The summed E-state index contributed by atoms with van der Waals surface area (Å²) in [5, 5.41) is 0. The van der Waals surface area contributed by atoms with Gasteiger partial charge in [0.1, 0.15) is 4.90 Å². The van der Waals surface area contributed by atoms with E-state index in [9.17, 15) is 8.42 Å². The first-order chi connectivity index (χ1) is 8.36. The molecule has 0 saturated heterocycles. The van der Waals surface area contributed by atoms with Crippen LogP contribution in [0.1, 0.15) is 13.3 Å². The molecule has 0 spiro atoms. The first-order valence-corrected chi connectivity index (χ1v) is 7.70. The van der Waals surface area contributed by atoms with Crippen LogP contribution in [0.15, 0.2) is 27.6 Å². The monoisotopic (exact) mass is 336 g/mol. The number of hydrogen-bond donors (Lipinski definition) is 2. The van der Waals surface area contributed by atoms with Crippen molar-refractivity contribution in [2.45, 2.75) is 24.3 Å². The maximum absolute atomic E-state index is 12.1. The van der Waals surface area contributed by atoms with Crippen LogP contribution in [0, 0.1) is 0 Å². The molecule has 0 bridgehead atoms. The Morgan fingerprint density at radius 3 is 2.72 bits per heavy atom. The number of hydrogen-bond acceptors (Lipinski definition) is 4. The van der Waals surface area contributed by atoms with Gasteiger partial charge in [0.15, 0.2) is 0 Å². The average Bonchev–Trinajstić information content (AvgIpc) is 2.25. The standard InChI is InChI=1S/C11H17BrN2O3S/c1-8(5-6-17-2)14-18(15,16)11-4-3-9(12)7-10(11)13/h3-4,7-8,14H,5-6,13H2,1-2H3. The molecule has 1 aromatic rings. The Morgan fingerprint density at radius 2 is 2.17 bits per heavy atom. The van der Waals surface area contributed by atoms with Gasteiger partial charge in [-0.1, -0.05) is 15.9 Å². The van der Waals surface area contributed by atoms with Crippen LogP contribution >= 0.6 is 15.9 Å². The van der Waals surface area contributed by atoms with Gasteiger partial charge in [-0.3, -0.25) is 0 Å². The number of anilines is 1. The van der Waals surface area contributed by atoms with Crippen molar-refractivity contribution in [3.8, 4) is 0 Å². The molecule has 102 valence electrons. The highest BCUT2D eigenvalue weighted by Gasteiger charge is 2.19. The number of sulfonamides is 1. The highest BCUT2D eigenvalue weighted by atomic mass is 79.9. The molecule has 5 nitrogen and oxygen atoms in total. The first-order valence-electron chi connectivity index (χ1n) is 5.43. The van der Waals surface area contributed by atoms with E-state index >= 15 is 0 Å². The zero-order valence-corrected chi connectivity index (χ0v) is 12.7. The van der Waals surface area contributed by atoms with Crippen LogP contribution in [0.25, 0.3) is 0 Å². The van der Waals surface area contributed by atoms with Gasteiger partial charge < -0.3 is 10.5 Å². The fourth-order valence-corrected chi connectivity index (χ4v) is 3.22. The molecule has 1 unspecified atom stereocenters. The maximum atomic E-state index is 12.1. The minimum absolute atomic E-state index is 0.0926. The number of rotatable bonds is 6. The third-order valence-corrected chi connectivity index (χ3v) is 4.53. The number of ether oxygens (including phenoxy) is 1. The molecule has 0 amide bonds. The normalized spacial score (nSPS) is 13.5. The third kappa shape index (κ3) is 4.24. The highest BCUT2D eigenvalue weighted by molar-refractivity contribution is 9.10. The second-order valence-electron chi connectivity index (χ2n) is 3.99. The summed E-state index contributed by atoms with van der Waals surface area (Å²) in [6.45, 7) is 2.28. The molecule has 0 fully saturated rings. The van der Waals surface area contributed by atoms with Gasteiger partial charge in [-0.15, -0.1) is 0 Å². The van der Waals surface area contributed by atoms with E-state index in [0.717, 1.165) is 4.47 Å². The quantitative estimate of drug-likeness (QED) is 0.775. The number of methoxy groups -OCH3 is 1. The van der Waals surface area contributed by atoms with Gasteiger partial charge in [0.05, 0.1) is 5.69 Å². The van der Waals surface area contributed by atoms with Crippen molar-refractivity contribution in [2.75, 3.05) is 19.5 Å². The lowest BCUT2D eigenvalue weighted by atomic mass is 10.3. The number of nitrogens with two attached hydrogens (primary N) is 1. The summed E-state index contributed by atoms with van der Waals surface area (Å²) in [4.78, 5) is 0.0926. The summed E-state index contributed by atoms with van der Waals surface area (Å²) in [5.41, 5.74) is 5.93. The molecule has 18 heavy (non-hydrogen) atoms. The predicted molar refractivity (Wildman–Crippen MR) is 74.8 cm³/mol. The zero-order chi connectivity index (χ0) is 13.8. The largest absolute Gasteiger partial charge is 0.398 e. The van der Waals surface area contributed by atoms with Gasteiger partial charge in [-0.25, -0.2) is 13.1 Å². The highest BCUT2D eigenvalue weighted by Crippen LogP contribution is 2.22. The molecule has 0 saturated carbocycles. The van der Waals surface area contributed by atoms with Gasteiger partial charge >= 0.3 is 0 Å². The Balaban J connectivity index is 2.86. The van der Waals surface area contributed by atoms with Crippen LogP contribution < -0.4 is 10.5 Å². The van der Waals surface area contributed by atoms with Gasteiger partial charge in [0, 0.05) is 24.2 Å². The van der Waals surface area contributed by atoms with E-state index < -0.39 is 10.0 Å². The van der Waals surface area contributed by atoms with Crippen molar-refractivity contribution in [3.63, 3.8) is 0 Å². The van der Waals surface area contributed by atoms with Crippen LogP contribution in [0.3, 0.4) is 0 Å². The van der Waals surface area contributed by atoms with Gasteiger partial charge in [0.25, 0.3) is 0 Å². The second kappa shape index (κ2) is 6.51. The summed E-state index contributed by atoms with van der Waals surface area (Å²) in [6, 6.07) is 4.47. The van der Waals surface area contributed by atoms with Gasteiger partial charge in [-0.05, 0) is 31.5 Å². The van der Waals surface area contributed by atoms with Crippen molar-refractivity contribution < 1.29 is 13.2 Å². The summed E-state index contributed by atoms with van der Waals surface area (Å²) < 4.78 is 32.4. The summed E-state index contributed by atoms with van der Waals surface area (Å²) in [5.74, 6) is 0. The van der Waals surface area contributed by atoms with E-state index in [0.29, 0.717) is 13.0 Å². The molecule has 0 aliphatic rings. The van der Waals surface area contributed by atoms with Gasteiger partial charge in [-0.2, -0.15) is 0 Å². The van der Waals surface area contributed by atoms with E-state index in [1.807, 2.05) is 0 Å². The molecule has 1 aromatic carbocycles. The average molecular weight is 337 g/mol. The summed E-state index contributed by atoms with van der Waals surface area (Å²) in [6.07, 6.45) is 0.603. The molecule has 7 heteroatoms. The minimum atomic E-state index is -3.59. The van der Waals surface area contributed by atoms with Crippen molar-refractivity contribution in [3.05, 3.63) is 22.7 Å². The van der Waals surface area contributed by atoms with Crippen LogP contribution in [-0.4, -0.2) is 28.2 Å². The molecular weight excluding hydrogens is 320 g/mol. The van der Waals surface area contributed by atoms with E-state index in [1.165, 1.54) is 6.07 Å². The van der Waals surface area contributed by atoms with Crippen LogP contribution in [0.5, 0.6) is 0 Å². The zero-order valence-electron chi connectivity index (χ0n) is 10.3. The maximum Gasteiger partial charge on any atom is 0.242 e. The summed E-state index contributed by atoms with van der Waals surface area (Å²) >= 11 is 3.24. The Hall–Kier alpha value is -0.630. The number of nitrogens with one attached hydrogen (secondary N) is 1. The van der Waals surface area contributed by atoms with Crippen molar-refractivity contribution in [2.24, 2.45) is 0 Å². The Morgan fingerprint density at radius 1 is 1.50 bits per heavy atom.